The Hall–Kier alpha value is 0.415. The SMILES string of the molecule is [Li+].[Li+].[c-]1cc[c-]c2c1CC2. The Morgan fingerprint density at radius 2 is 1.30 bits per heavy atom. The van der Waals surface area contributed by atoms with Gasteiger partial charge in [-0.05, 0) is 0 Å². The maximum absolute atomic E-state index is 3.16. The minimum atomic E-state index is 0. The molecule has 0 fully saturated rings. The van der Waals surface area contributed by atoms with E-state index in [-0.39, 0.29) is 37.7 Å². The Labute approximate surface area is 85.8 Å². The average Bonchev–Trinajstić information content (AvgIpc) is 1.72. The molecule has 0 atom stereocenters. The van der Waals surface area contributed by atoms with Crippen molar-refractivity contribution in [3.8, 4) is 0 Å². The van der Waals surface area contributed by atoms with Crippen molar-refractivity contribution in [1.82, 2.24) is 0 Å². The van der Waals surface area contributed by atoms with Gasteiger partial charge < -0.3 is 12.1 Å². The van der Waals surface area contributed by atoms with Crippen LogP contribution in [-0.2, 0) is 12.8 Å². The first-order chi connectivity index (χ1) is 3.97. The number of benzene rings is 1. The van der Waals surface area contributed by atoms with Crippen LogP contribution in [0.5, 0.6) is 0 Å². The van der Waals surface area contributed by atoms with Crippen molar-refractivity contribution in [3.63, 3.8) is 0 Å². The third-order valence-electron chi connectivity index (χ3n) is 1.59. The second kappa shape index (κ2) is 4.33. The molecule has 0 nitrogen and oxygen atoms in total. The van der Waals surface area contributed by atoms with E-state index < -0.39 is 0 Å². The molecule has 1 aliphatic rings. The summed E-state index contributed by atoms with van der Waals surface area (Å²) >= 11 is 0. The van der Waals surface area contributed by atoms with E-state index >= 15 is 0 Å². The van der Waals surface area contributed by atoms with E-state index in [0.29, 0.717) is 0 Å². The molecule has 0 saturated carbocycles. The molecule has 2 rings (SSSR count). The summed E-state index contributed by atoms with van der Waals surface area (Å²) in [4.78, 5) is 0. The number of hydrogen-bond acceptors (Lipinski definition) is 0. The summed E-state index contributed by atoms with van der Waals surface area (Å²) in [5.41, 5.74) is 2.74. The molecular formula is C8H6Li2. The second-order valence-corrected chi connectivity index (χ2v) is 2.08. The van der Waals surface area contributed by atoms with Gasteiger partial charge in [-0.2, -0.15) is 0 Å². The van der Waals surface area contributed by atoms with E-state index in [0.717, 1.165) is 0 Å². The van der Waals surface area contributed by atoms with Gasteiger partial charge in [-0.15, -0.1) is 12.8 Å². The molecule has 0 radical (unpaired) electrons. The molecule has 40 valence electrons. The predicted octanol–water partition coefficient (Wildman–Crippen LogP) is -4.61. The largest absolute Gasteiger partial charge is 1.00 e. The fourth-order valence-corrected chi connectivity index (χ4v) is 0.978. The zero-order chi connectivity index (χ0) is 5.40. The van der Waals surface area contributed by atoms with Gasteiger partial charge in [0, 0.05) is 0 Å². The van der Waals surface area contributed by atoms with Crippen molar-refractivity contribution in [2.75, 3.05) is 0 Å². The van der Waals surface area contributed by atoms with Gasteiger partial charge in [-0.25, -0.2) is 0 Å². The van der Waals surface area contributed by atoms with E-state index in [4.69, 9.17) is 0 Å². The van der Waals surface area contributed by atoms with Crippen LogP contribution in [0.25, 0.3) is 0 Å². The van der Waals surface area contributed by atoms with Crippen LogP contribution in [0.15, 0.2) is 12.1 Å². The molecule has 0 unspecified atom stereocenters. The van der Waals surface area contributed by atoms with Gasteiger partial charge in [0.1, 0.15) is 0 Å². The number of aryl methyl sites for hydroxylation is 2. The monoisotopic (exact) mass is 116 g/mol. The maximum atomic E-state index is 3.16. The van der Waals surface area contributed by atoms with Crippen LogP contribution in [0.3, 0.4) is 0 Å². The van der Waals surface area contributed by atoms with Crippen LogP contribution in [-0.4, -0.2) is 0 Å². The zero-order valence-corrected chi connectivity index (χ0v) is 6.57. The zero-order valence-electron chi connectivity index (χ0n) is 6.57. The van der Waals surface area contributed by atoms with Crippen molar-refractivity contribution >= 4 is 0 Å². The molecule has 0 aliphatic heterocycles. The topological polar surface area (TPSA) is 0 Å². The molecule has 0 N–H and O–H groups in total. The maximum Gasteiger partial charge on any atom is 1.00 e. The van der Waals surface area contributed by atoms with E-state index in [9.17, 15) is 0 Å². The van der Waals surface area contributed by atoms with Gasteiger partial charge in [-0.3, -0.25) is 23.3 Å². The van der Waals surface area contributed by atoms with Crippen LogP contribution >= 0.6 is 0 Å². The summed E-state index contributed by atoms with van der Waals surface area (Å²) in [5.74, 6) is 0. The van der Waals surface area contributed by atoms with Crippen LogP contribution in [0.2, 0.25) is 0 Å². The molecule has 1 aromatic rings. The Morgan fingerprint density at radius 3 is 1.50 bits per heavy atom. The van der Waals surface area contributed by atoms with Crippen molar-refractivity contribution in [2.24, 2.45) is 0 Å². The summed E-state index contributed by atoms with van der Waals surface area (Å²) in [6.45, 7) is 0. The van der Waals surface area contributed by atoms with Crippen molar-refractivity contribution in [2.45, 2.75) is 12.8 Å². The Kier molecular flexibility index (Phi) is 4.50. The third kappa shape index (κ3) is 1.72. The molecule has 2 heteroatoms. The summed E-state index contributed by atoms with van der Waals surface area (Å²) in [5, 5.41) is 0. The van der Waals surface area contributed by atoms with Crippen LogP contribution in [0.1, 0.15) is 11.1 Å². The van der Waals surface area contributed by atoms with Gasteiger partial charge in [0.05, 0.1) is 0 Å². The van der Waals surface area contributed by atoms with E-state index in [1.807, 2.05) is 12.1 Å². The van der Waals surface area contributed by atoms with E-state index in [1.54, 1.807) is 0 Å². The first-order valence-electron chi connectivity index (χ1n) is 2.87. The van der Waals surface area contributed by atoms with Gasteiger partial charge in [-0.1, -0.05) is 0 Å². The Bertz CT molecular complexity index is 185. The normalized spacial score (nSPS) is 11.6. The Morgan fingerprint density at radius 1 is 0.900 bits per heavy atom. The standard InChI is InChI=1S/C8H6.2Li/c1-2-4-8-6-5-7(8)3-1;;/h1-2H,5-6H2;;/q-2;2*+1. The predicted molar refractivity (Wildman–Crippen MR) is 31.5 cm³/mol. The molecular weight excluding hydrogens is 110 g/mol. The minimum absolute atomic E-state index is 0. The summed E-state index contributed by atoms with van der Waals surface area (Å²) in [6.07, 6.45) is 2.43. The summed E-state index contributed by atoms with van der Waals surface area (Å²) in [7, 11) is 0. The molecule has 0 bridgehead atoms. The van der Waals surface area contributed by atoms with Crippen LogP contribution in [0, 0.1) is 12.1 Å². The van der Waals surface area contributed by atoms with Crippen molar-refractivity contribution in [3.05, 3.63) is 35.4 Å². The fourth-order valence-electron chi connectivity index (χ4n) is 0.978. The molecule has 0 heterocycles. The average molecular weight is 116 g/mol. The van der Waals surface area contributed by atoms with Crippen molar-refractivity contribution < 1.29 is 37.7 Å². The molecule has 0 spiro atoms. The Balaban J connectivity index is 0.000000405. The molecule has 1 aromatic carbocycles. The van der Waals surface area contributed by atoms with Crippen molar-refractivity contribution in [1.29, 1.82) is 0 Å². The van der Waals surface area contributed by atoms with Crippen LogP contribution in [0.4, 0.5) is 0 Å². The molecule has 1 aliphatic carbocycles. The number of fused-ring (bicyclic) bond motifs is 1. The van der Waals surface area contributed by atoms with Gasteiger partial charge >= 0.3 is 37.7 Å². The first-order valence-corrected chi connectivity index (χ1v) is 2.87. The molecule has 0 saturated heterocycles. The van der Waals surface area contributed by atoms with Crippen LogP contribution < -0.4 is 37.7 Å². The summed E-state index contributed by atoms with van der Waals surface area (Å²) < 4.78 is 0. The smallest absolute Gasteiger partial charge is 0.316 e. The molecule has 10 heavy (non-hydrogen) atoms. The first kappa shape index (κ1) is 10.4. The van der Waals surface area contributed by atoms with Gasteiger partial charge in [0.25, 0.3) is 0 Å². The third-order valence-corrected chi connectivity index (χ3v) is 1.59. The summed E-state index contributed by atoms with van der Waals surface area (Å²) in [6, 6.07) is 10.2. The minimum Gasteiger partial charge on any atom is -0.316 e. The number of hydrogen-bond donors (Lipinski definition) is 0. The van der Waals surface area contributed by atoms with E-state index in [1.165, 1.54) is 24.0 Å². The van der Waals surface area contributed by atoms with E-state index in [2.05, 4.69) is 12.1 Å². The van der Waals surface area contributed by atoms with Gasteiger partial charge in [0.15, 0.2) is 0 Å². The second-order valence-electron chi connectivity index (χ2n) is 2.08. The fraction of sp³-hybridized carbons (Fsp3) is 0.250. The van der Waals surface area contributed by atoms with Gasteiger partial charge in [0.2, 0.25) is 0 Å². The molecule has 0 amide bonds. The molecule has 0 aromatic heterocycles. The number of rotatable bonds is 0. The quantitative estimate of drug-likeness (QED) is 0.236.